The zero-order valence-corrected chi connectivity index (χ0v) is 13.2. The number of para-hydroxylation sites is 1. The first kappa shape index (κ1) is 14.5. The third-order valence-corrected chi connectivity index (χ3v) is 5.26. The van der Waals surface area contributed by atoms with E-state index in [0.29, 0.717) is 19.1 Å². The predicted molar refractivity (Wildman–Crippen MR) is 87.2 cm³/mol. The maximum atomic E-state index is 12.3. The van der Waals surface area contributed by atoms with Gasteiger partial charge in [0.2, 0.25) is 0 Å². The number of rotatable bonds is 6. The number of aromatic nitrogens is 1. The molecule has 0 unspecified atom stereocenters. The van der Waals surface area contributed by atoms with Gasteiger partial charge in [0.25, 0.3) is 0 Å². The van der Waals surface area contributed by atoms with Crippen LogP contribution in [-0.2, 0) is 9.53 Å². The van der Waals surface area contributed by atoms with E-state index in [2.05, 4.69) is 4.98 Å². The van der Waals surface area contributed by atoms with Gasteiger partial charge in [0, 0.05) is 11.6 Å². The molecule has 0 spiro atoms. The van der Waals surface area contributed by atoms with Gasteiger partial charge < -0.3 is 9.47 Å². The van der Waals surface area contributed by atoms with E-state index in [0.717, 1.165) is 29.5 Å². The van der Waals surface area contributed by atoms with Crippen molar-refractivity contribution in [3.05, 3.63) is 36.5 Å². The van der Waals surface area contributed by atoms with Crippen molar-refractivity contribution in [1.29, 1.82) is 0 Å². The molecular weight excluding hydrogens is 290 g/mol. The molecule has 1 heterocycles. The molecule has 0 N–H and O–H groups in total. The van der Waals surface area contributed by atoms with Crippen LogP contribution < -0.4 is 4.74 Å². The summed E-state index contributed by atoms with van der Waals surface area (Å²) in [5.74, 6) is 1.34. The monoisotopic (exact) mass is 311 g/mol. The summed E-state index contributed by atoms with van der Waals surface area (Å²) in [4.78, 5) is 16.6. The second-order valence-electron chi connectivity index (χ2n) is 6.59. The quantitative estimate of drug-likeness (QED) is 0.602. The summed E-state index contributed by atoms with van der Waals surface area (Å²) in [5, 5.41) is 0.981. The number of esters is 1. The fourth-order valence-electron chi connectivity index (χ4n) is 3.50. The van der Waals surface area contributed by atoms with Crippen LogP contribution in [0.4, 0.5) is 0 Å². The van der Waals surface area contributed by atoms with Crippen molar-refractivity contribution < 1.29 is 14.3 Å². The number of carbonyl (C=O) groups is 1. The van der Waals surface area contributed by atoms with Gasteiger partial charge in [-0.25, -0.2) is 0 Å². The topological polar surface area (TPSA) is 48.4 Å². The number of ether oxygens (including phenoxy) is 2. The van der Waals surface area contributed by atoms with E-state index in [1.807, 2.05) is 30.3 Å². The molecule has 0 aliphatic heterocycles. The SMILES string of the molecule is O=C(OCCOc1ccnc2ccccc12)C1(C2CCC2)CC1. The Hall–Kier alpha value is -2.10. The van der Waals surface area contributed by atoms with Crippen LogP contribution in [-0.4, -0.2) is 24.2 Å². The fraction of sp³-hybridized carbons (Fsp3) is 0.474. The Morgan fingerprint density at radius 1 is 1.17 bits per heavy atom. The van der Waals surface area contributed by atoms with Gasteiger partial charge in [0.05, 0.1) is 10.9 Å². The van der Waals surface area contributed by atoms with E-state index >= 15 is 0 Å². The molecule has 1 aromatic heterocycles. The Labute approximate surface area is 135 Å². The molecule has 2 aromatic rings. The lowest BCUT2D eigenvalue weighted by atomic mass is 9.73. The first-order valence-electron chi connectivity index (χ1n) is 8.43. The minimum Gasteiger partial charge on any atom is -0.489 e. The molecule has 0 amide bonds. The molecule has 0 bridgehead atoms. The largest absolute Gasteiger partial charge is 0.489 e. The van der Waals surface area contributed by atoms with Gasteiger partial charge in [-0.2, -0.15) is 0 Å². The van der Waals surface area contributed by atoms with Crippen molar-refractivity contribution in [1.82, 2.24) is 4.98 Å². The summed E-state index contributed by atoms with van der Waals surface area (Å²) in [6.45, 7) is 0.685. The average molecular weight is 311 g/mol. The molecule has 2 aliphatic rings. The van der Waals surface area contributed by atoms with Crippen molar-refractivity contribution >= 4 is 16.9 Å². The van der Waals surface area contributed by atoms with Crippen molar-refractivity contribution in [3.8, 4) is 5.75 Å². The third kappa shape index (κ3) is 2.67. The van der Waals surface area contributed by atoms with Crippen molar-refractivity contribution in [2.24, 2.45) is 11.3 Å². The van der Waals surface area contributed by atoms with Crippen LogP contribution in [0.15, 0.2) is 36.5 Å². The van der Waals surface area contributed by atoms with Crippen LogP contribution in [0.25, 0.3) is 10.9 Å². The molecule has 4 nitrogen and oxygen atoms in total. The highest BCUT2D eigenvalue weighted by molar-refractivity contribution is 5.84. The first-order chi connectivity index (χ1) is 11.3. The number of hydrogen-bond donors (Lipinski definition) is 0. The summed E-state index contributed by atoms with van der Waals surface area (Å²) in [6.07, 6.45) is 7.39. The smallest absolute Gasteiger partial charge is 0.312 e. The Bertz CT molecular complexity index is 714. The molecule has 1 aromatic carbocycles. The minimum atomic E-state index is -0.137. The maximum Gasteiger partial charge on any atom is 0.312 e. The summed E-state index contributed by atoms with van der Waals surface area (Å²) in [7, 11) is 0. The van der Waals surface area contributed by atoms with E-state index in [1.165, 1.54) is 19.3 Å². The van der Waals surface area contributed by atoms with E-state index in [4.69, 9.17) is 9.47 Å². The number of hydrogen-bond acceptors (Lipinski definition) is 4. The Morgan fingerprint density at radius 3 is 2.74 bits per heavy atom. The molecule has 2 saturated carbocycles. The lowest BCUT2D eigenvalue weighted by Gasteiger charge is -2.32. The number of fused-ring (bicyclic) bond motifs is 1. The van der Waals surface area contributed by atoms with Gasteiger partial charge in [-0.3, -0.25) is 9.78 Å². The highest BCUT2D eigenvalue weighted by Crippen LogP contribution is 2.59. The number of benzene rings is 1. The second-order valence-corrected chi connectivity index (χ2v) is 6.59. The molecular formula is C19H21NO3. The van der Waals surface area contributed by atoms with Crippen LogP contribution in [0.3, 0.4) is 0 Å². The van der Waals surface area contributed by atoms with E-state index < -0.39 is 0 Å². The van der Waals surface area contributed by atoms with Crippen molar-refractivity contribution in [3.63, 3.8) is 0 Å². The number of pyridine rings is 1. The van der Waals surface area contributed by atoms with Gasteiger partial charge >= 0.3 is 5.97 Å². The third-order valence-electron chi connectivity index (χ3n) is 5.26. The van der Waals surface area contributed by atoms with E-state index in [1.54, 1.807) is 6.20 Å². The van der Waals surface area contributed by atoms with E-state index in [-0.39, 0.29) is 11.4 Å². The zero-order chi connectivity index (χ0) is 15.7. The molecule has 4 heteroatoms. The molecule has 2 fully saturated rings. The van der Waals surface area contributed by atoms with Crippen molar-refractivity contribution in [2.45, 2.75) is 32.1 Å². The summed E-state index contributed by atoms with van der Waals surface area (Å²) >= 11 is 0. The van der Waals surface area contributed by atoms with Crippen LogP contribution in [0.5, 0.6) is 5.75 Å². The first-order valence-corrected chi connectivity index (χ1v) is 8.43. The number of carbonyl (C=O) groups excluding carboxylic acids is 1. The lowest BCUT2D eigenvalue weighted by molar-refractivity contribution is -0.154. The summed E-state index contributed by atoms with van der Waals surface area (Å²) < 4.78 is 11.3. The number of nitrogens with zero attached hydrogens (tertiary/aromatic N) is 1. The van der Waals surface area contributed by atoms with Gasteiger partial charge in [-0.15, -0.1) is 0 Å². The highest BCUT2D eigenvalue weighted by Gasteiger charge is 2.58. The van der Waals surface area contributed by atoms with Crippen LogP contribution in [0.2, 0.25) is 0 Å². The molecule has 0 atom stereocenters. The lowest BCUT2D eigenvalue weighted by Crippen LogP contribution is -2.32. The van der Waals surface area contributed by atoms with Gasteiger partial charge in [0.1, 0.15) is 19.0 Å². The Balaban J connectivity index is 1.31. The standard InChI is InChI=1S/C19H21NO3/c21-18(19(9-10-19)14-4-3-5-14)23-13-12-22-17-8-11-20-16-7-2-1-6-15(16)17/h1-2,6-8,11,14H,3-5,9-10,12-13H2. The molecule has 2 aliphatic carbocycles. The minimum absolute atomic E-state index is 0.00890. The van der Waals surface area contributed by atoms with E-state index in [9.17, 15) is 4.79 Å². The molecule has 23 heavy (non-hydrogen) atoms. The zero-order valence-electron chi connectivity index (χ0n) is 13.2. The Kier molecular flexibility index (Phi) is 3.68. The van der Waals surface area contributed by atoms with Crippen molar-refractivity contribution in [2.75, 3.05) is 13.2 Å². The molecule has 0 saturated heterocycles. The summed E-state index contributed by atoms with van der Waals surface area (Å²) in [6, 6.07) is 9.71. The van der Waals surface area contributed by atoms with Crippen LogP contribution in [0.1, 0.15) is 32.1 Å². The molecule has 4 rings (SSSR count). The Morgan fingerprint density at radius 2 is 2.00 bits per heavy atom. The summed E-state index contributed by atoms with van der Waals surface area (Å²) in [5.41, 5.74) is 0.769. The van der Waals surface area contributed by atoms with Gasteiger partial charge in [-0.05, 0) is 49.8 Å². The van der Waals surface area contributed by atoms with Crippen LogP contribution >= 0.6 is 0 Å². The maximum absolute atomic E-state index is 12.3. The van der Waals surface area contributed by atoms with Crippen LogP contribution in [0, 0.1) is 11.3 Å². The second kappa shape index (κ2) is 5.84. The fourth-order valence-corrected chi connectivity index (χ4v) is 3.50. The normalized spacial score (nSPS) is 19.1. The highest BCUT2D eigenvalue weighted by atomic mass is 16.6. The predicted octanol–water partition coefficient (Wildman–Crippen LogP) is 3.74. The molecule has 0 radical (unpaired) electrons. The van der Waals surface area contributed by atoms with Gasteiger partial charge in [0.15, 0.2) is 0 Å². The van der Waals surface area contributed by atoms with Gasteiger partial charge in [-0.1, -0.05) is 18.6 Å². The average Bonchev–Trinajstić information content (AvgIpc) is 3.31. The molecule has 120 valence electrons.